The van der Waals surface area contributed by atoms with Crippen LogP contribution in [0, 0.1) is 0 Å². The van der Waals surface area contributed by atoms with E-state index in [1.165, 1.54) is 11.1 Å². The van der Waals surface area contributed by atoms with Crippen molar-refractivity contribution in [1.29, 1.82) is 0 Å². The van der Waals surface area contributed by atoms with Gasteiger partial charge in [0.1, 0.15) is 5.75 Å². The normalized spacial score (nSPS) is 11.6. The first-order valence-corrected chi connectivity index (χ1v) is 6.96. The minimum Gasteiger partial charge on any atom is -0.496 e. The lowest BCUT2D eigenvalue weighted by Gasteiger charge is -2.21. The molecule has 2 nitrogen and oxygen atoms in total. The number of ether oxygens (including phenoxy) is 1. The summed E-state index contributed by atoms with van der Waals surface area (Å²) in [6.07, 6.45) is 0.962. The first kappa shape index (κ1) is 15.3. The van der Waals surface area contributed by atoms with E-state index in [2.05, 4.69) is 44.3 Å². The Morgan fingerprint density at radius 3 is 2.50 bits per heavy atom. The van der Waals surface area contributed by atoms with E-state index in [0.29, 0.717) is 5.88 Å². The van der Waals surface area contributed by atoms with Crippen LogP contribution in [0.3, 0.4) is 0 Å². The highest BCUT2D eigenvalue weighted by Gasteiger charge is 2.15. The lowest BCUT2D eigenvalue weighted by Crippen LogP contribution is -2.20. The van der Waals surface area contributed by atoms with Crippen molar-refractivity contribution >= 4 is 11.6 Å². The van der Waals surface area contributed by atoms with Gasteiger partial charge in [-0.2, -0.15) is 0 Å². The second kappa shape index (κ2) is 7.01. The minimum absolute atomic E-state index is 0.171. The van der Waals surface area contributed by atoms with Crippen molar-refractivity contribution in [3.8, 4) is 5.75 Å². The van der Waals surface area contributed by atoms with Gasteiger partial charge in [0.2, 0.25) is 0 Å². The van der Waals surface area contributed by atoms with Gasteiger partial charge < -0.3 is 10.1 Å². The highest BCUT2D eigenvalue weighted by Crippen LogP contribution is 2.28. The Bertz CT molecular complexity index is 371. The molecule has 0 radical (unpaired) electrons. The molecule has 0 amide bonds. The highest BCUT2D eigenvalue weighted by molar-refractivity contribution is 6.18. The molecule has 1 rings (SSSR count). The molecule has 0 aromatic heterocycles. The molecule has 0 atom stereocenters. The van der Waals surface area contributed by atoms with Crippen molar-refractivity contribution in [2.75, 3.05) is 26.1 Å². The van der Waals surface area contributed by atoms with Gasteiger partial charge in [-0.15, -0.1) is 11.6 Å². The monoisotopic (exact) mass is 269 g/mol. The van der Waals surface area contributed by atoms with E-state index in [4.69, 9.17) is 16.3 Å². The fourth-order valence-electron chi connectivity index (χ4n) is 1.86. The summed E-state index contributed by atoms with van der Waals surface area (Å²) in [7, 11) is 1.72. The predicted molar refractivity (Wildman–Crippen MR) is 79.0 cm³/mol. The van der Waals surface area contributed by atoms with E-state index in [0.717, 1.165) is 25.3 Å². The van der Waals surface area contributed by atoms with Gasteiger partial charge in [0.15, 0.2) is 0 Å². The summed E-state index contributed by atoms with van der Waals surface area (Å²) in [5, 5.41) is 3.31. The van der Waals surface area contributed by atoms with Crippen LogP contribution >= 0.6 is 11.6 Å². The van der Waals surface area contributed by atoms with Crippen LogP contribution < -0.4 is 10.1 Å². The molecule has 3 heteroatoms. The maximum Gasteiger partial charge on any atom is 0.122 e. The molecule has 1 aromatic carbocycles. The van der Waals surface area contributed by atoms with Crippen molar-refractivity contribution in [3.63, 3.8) is 0 Å². The van der Waals surface area contributed by atoms with Gasteiger partial charge in [-0.05, 0) is 35.6 Å². The Morgan fingerprint density at radius 1 is 1.22 bits per heavy atom. The second-order valence-electron chi connectivity index (χ2n) is 5.47. The van der Waals surface area contributed by atoms with E-state index in [1.807, 2.05) is 0 Å². The smallest absolute Gasteiger partial charge is 0.122 e. The molecule has 0 bridgehead atoms. The number of rotatable bonds is 6. The number of alkyl halides is 1. The largest absolute Gasteiger partial charge is 0.496 e. The molecule has 0 heterocycles. The average Bonchev–Trinajstić information content (AvgIpc) is 2.33. The summed E-state index contributed by atoms with van der Waals surface area (Å²) < 4.78 is 5.42. The molecule has 1 N–H and O–H groups in total. The summed E-state index contributed by atoms with van der Waals surface area (Å²) in [6, 6.07) is 6.47. The zero-order chi connectivity index (χ0) is 13.6. The third-order valence-corrected chi connectivity index (χ3v) is 3.18. The topological polar surface area (TPSA) is 21.3 Å². The van der Waals surface area contributed by atoms with E-state index < -0.39 is 0 Å². The average molecular weight is 270 g/mol. The number of hydrogen-bond donors (Lipinski definition) is 1. The van der Waals surface area contributed by atoms with Gasteiger partial charge in [0.05, 0.1) is 7.11 Å². The number of nitrogens with one attached hydrogen (secondary N) is 1. The van der Waals surface area contributed by atoms with Gasteiger partial charge in [0, 0.05) is 12.4 Å². The van der Waals surface area contributed by atoms with Gasteiger partial charge in [-0.3, -0.25) is 0 Å². The molecular weight excluding hydrogens is 246 g/mol. The zero-order valence-electron chi connectivity index (χ0n) is 11.8. The summed E-state index contributed by atoms with van der Waals surface area (Å²) in [5.41, 5.74) is 2.77. The first-order chi connectivity index (χ1) is 8.49. The quantitative estimate of drug-likeness (QED) is 0.632. The number of methoxy groups -OCH3 is 1. The Hall–Kier alpha value is -0.730. The van der Waals surface area contributed by atoms with Crippen LogP contribution in [0.5, 0.6) is 5.75 Å². The molecule has 0 saturated heterocycles. The van der Waals surface area contributed by atoms with Crippen LogP contribution in [-0.2, 0) is 11.8 Å². The highest BCUT2D eigenvalue weighted by atomic mass is 35.5. The van der Waals surface area contributed by atoms with Gasteiger partial charge in [-0.1, -0.05) is 32.9 Å². The second-order valence-corrected chi connectivity index (χ2v) is 5.84. The molecule has 0 unspecified atom stereocenters. The zero-order valence-corrected chi connectivity index (χ0v) is 12.6. The number of benzene rings is 1. The summed E-state index contributed by atoms with van der Waals surface area (Å²) in [4.78, 5) is 0. The first-order valence-electron chi connectivity index (χ1n) is 6.43. The maximum absolute atomic E-state index is 5.64. The van der Waals surface area contributed by atoms with Gasteiger partial charge in [-0.25, -0.2) is 0 Å². The van der Waals surface area contributed by atoms with Crippen molar-refractivity contribution in [3.05, 3.63) is 29.3 Å². The van der Waals surface area contributed by atoms with E-state index in [-0.39, 0.29) is 5.41 Å². The lowest BCUT2D eigenvalue weighted by molar-refractivity contribution is 0.408. The van der Waals surface area contributed by atoms with E-state index in [1.54, 1.807) is 7.11 Å². The summed E-state index contributed by atoms with van der Waals surface area (Å²) >= 11 is 5.64. The third-order valence-electron chi connectivity index (χ3n) is 2.99. The Balaban J connectivity index is 2.79. The molecule has 18 heavy (non-hydrogen) atoms. The molecule has 0 aliphatic carbocycles. The van der Waals surface area contributed by atoms with Crippen molar-refractivity contribution < 1.29 is 4.74 Å². The van der Waals surface area contributed by atoms with Crippen LogP contribution in [-0.4, -0.2) is 26.1 Å². The predicted octanol–water partition coefficient (Wildman–Crippen LogP) is 3.36. The maximum atomic E-state index is 5.64. The standard InChI is InChI=1S/C15H24ClNO/c1-15(2,3)13-5-6-14(18-4)12(11-13)7-9-17-10-8-16/h5-6,11,17H,7-10H2,1-4H3. The molecule has 102 valence electrons. The Labute approximate surface area is 116 Å². The van der Waals surface area contributed by atoms with E-state index >= 15 is 0 Å². The summed E-state index contributed by atoms with van der Waals surface area (Å²) in [6.45, 7) is 8.46. The van der Waals surface area contributed by atoms with Crippen LogP contribution in [0.25, 0.3) is 0 Å². The van der Waals surface area contributed by atoms with Gasteiger partial charge in [0.25, 0.3) is 0 Å². The minimum atomic E-state index is 0.171. The van der Waals surface area contributed by atoms with Crippen LogP contribution in [0.4, 0.5) is 0 Å². The molecule has 0 spiro atoms. The Morgan fingerprint density at radius 2 is 1.94 bits per heavy atom. The molecule has 0 saturated carbocycles. The fourth-order valence-corrected chi connectivity index (χ4v) is 1.99. The van der Waals surface area contributed by atoms with Crippen molar-refractivity contribution in [1.82, 2.24) is 5.32 Å². The third kappa shape index (κ3) is 4.51. The molecule has 0 fully saturated rings. The fraction of sp³-hybridized carbons (Fsp3) is 0.600. The molecular formula is C15H24ClNO. The van der Waals surface area contributed by atoms with Crippen LogP contribution in [0.15, 0.2) is 18.2 Å². The SMILES string of the molecule is COc1ccc(C(C)(C)C)cc1CCNCCCl. The Kier molecular flexibility index (Phi) is 5.97. The number of hydrogen-bond acceptors (Lipinski definition) is 2. The number of halogens is 1. The van der Waals surface area contributed by atoms with E-state index in [9.17, 15) is 0 Å². The molecule has 0 aliphatic heterocycles. The lowest BCUT2D eigenvalue weighted by atomic mass is 9.85. The van der Waals surface area contributed by atoms with Gasteiger partial charge >= 0.3 is 0 Å². The summed E-state index contributed by atoms with van der Waals surface area (Å²) in [5.74, 6) is 1.62. The van der Waals surface area contributed by atoms with Crippen LogP contribution in [0.2, 0.25) is 0 Å². The molecule has 1 aromatic rings. The van der Waals surface area contributed by atoms with Crippen molar-refractivity contribution in [2.24, 2.45) is 0 Å². The van der Waals surface area contributed by atoms with Crippen LogP contribution in [0.1, 0.15) is 31.9 Å². The van der Waals surface area contributed by atoms with Crippen molar-refractivity contribution in [2.45, 2.75) is 32.6 Å². The molecule has 0 aliphatic rings.